The number of dihydropyridines is 1. The standard InChI is InChI=1S/C32H33NO5/c1-5-15-38-32(35)29-19(2)33-25-16-22(21-13-14-27(36-3)28(18-21)37-4)17-26(34)31(25)30(29)24-12-8-10-20-9-6-7-11-23(20)24/h6-14,18,22,30,33H,5,15-17H2,1-4H3/t22-,30-/m1/s1. The second kappa shape index (κ2) is 10.7. The van der Waals surface area contributed by atoms with Crippen LogP contribution < -0.4 is 14.8 Å². The molecule has 1 aliphatic heterocycles. The third-order valence-electron chi connectivity index (χ3n) is 7.50. The SMILES string of the molecule is CCCOC(=O)C1=C(C)NC2=C(C(=O)C[C@H](c3ccc(OC)c(OC)c3)C2)[C@@H]1c1cccc2ccccc12. The topological polar surface area (TPSA) is 73.9 Å². The Kier molecular flexibility index (Phi) is 7.23. The van der Waals surface area contributed by atoms with Crippen LogP contribution in [0.3, 0.4) is 0 Å². The Morgan fingerprint density at radius 1 is 0.974 bits per heavy atom. The van der Waals surface area contributed by atoms with Gasteiger partial charge in [0.2, 0.25) is 0 Å². The summed E-state index contributed by atoms with van der Waals surface area (Å²) in [4.78, 5) is 27.4. The maximum atomic E-state index is 14.0. The molecule has 2 atom stereocenters. The normalized spacial score (nSPS) is 19.2. The smallest absolute Gasteiger partial charge is 0.336 e. The first kappa shape index (κ1) is 25.6. The molecule has 0 bridgehead atoms. The molecule has 38 heavy (non-hydrogen) atoms. The first-order valence-electron chi connectivity index (χ1n) is 13.1. The predicted octanol–water partition coefficient (Wildman–Crippen LogP) is 6.17. The molecule has 0 saturated heterocycles. The number of fused-ring (bicyclic) bond motifs is 1. The molecule has 3 aromatic rings. The van der Waals surface area contributed by atoms with Crippen LogP contribution in [0.5, 0.6) is 11.5 Å². The summed E-state index contributed by atoms with van der Waals surface area (Å²) in [6.07, 6.45) is 1.71. The van der Waals surface area contributed by atoms with Gasteiger partial charge in [0.25, 0.3) is 0 Å². The van der Waals surface area contributed by atoms with Crippen molar-refractivity contribution in [2.24, 2.45) is 0 Å². The van der Waals surface area contributed by atoms with E-state index in [-0.39, 0.29) is 17.7 Å². The lowest BCUT2D eigenvalue weighted by atomic mass is 9.71. The first-order chi connectivity index (χ1) is 18.5. The van der Waals surface area contributed by atoms with Gasteiger partial charge < -0.3 is 19.5 Å². The number of carbonyl (C=O) groups is 2. The fourth-order valence-corrected chi connectivity index (χ4v) is 5.74. The van der Waals surface area contributed by atoms with E-state index in [2.05, 4.69) is 23.5 Å². The molecule has 1 heterocycles. The average molecular weight is 512 g/mol. The minimum atomic E-state index is -0.499. The summed E-state index contributed by atoms with van der Waals surface area (Å²) in [5.41, 5.74) is 4.71. The highest BCUT2D eigenvalue weighted by Crippen LogP contribution is 2.47. The van der Waals surface area contributed by atoms with Crippen molar-refractivity contribution in [3.8, 4) is 11.5 Å². The van der Waals surface area contributed by atoms with Gasteiger partial charge in [-0.05, 0) is 59.7 Å². The number of hydrogen-bond donors (Lipinski definition) is 1. The molecule has 5 rings (SSSR count). The number of Topliss-reactive ketones (excluding diaryl/α,β-unsaturated/α-hetero) is 1. The highest BCUT2D eigenvalue weighted by Gasteiger charge is 2.42. The van der Waals surface area contributed by atoms with E-state index in [9.17, 15) is 9.59 Å². The Labute approximate surface area is 223 Å². The summed E-state index contributed by atoms with van der Waals surface area (Å²) < 4.78 is 16.5. The van der Waals surface area contributed by atoms with Crippen LogP contribution in [-0.4, -0.2) is 32.6 Å². The number of esters is 1. The lowest BCUT2D eigenvalue weighted by Crippen LogP contribution is -2.36. The van der Waals surface area contributed by atoms with Crippen molar-refractivity contribution < 1.29 is 23.8 Å². The fraction of sp³-hybridized carbons (Fsp3) is 0.312. The highest BCUT2D eigenvalue weighted by atomic mass is 16.5. The van der Waals surface area contributed by atoms with Gasteiger partial charge in [0, 0.05) is 29.3 Å². The van der Waals surface area contributed by atoms with Crippen molar-refractivity contribution in [2.45, 2.75) is 44.9 Å². The Morgan fingerprint density at radius 2 is 1.74 bits per heavy atom. The van der Waals surface area contributed by atoms with Crippen LogP contribution in [0.25, 0.3) is 10.8 Å². The van der Waals surface area contributed by atoms with Crippen LogP contribution in [0.15, 0.2) is 83.2 Å². The molecule has 3 aromatic carbocycles. The minimum absolute atomic E-state index is 0.0249. The lowest BCUT2D eigenvalue weighted by molar-refractivity contribution is -0.139. The van der Waals surface area contributed by atoms with Gasteiger partial charge in [-0.1, -0.05) is 55.5 Å². The lowest BCUT2D eigenvalue weighted by Gasteiger charge is -2.37. The van der Waals surface area contributed by atoms with Crippen molar-refractivity contribution in [1.29, 1.82) is 0 Å². The van der Waals surface area contributed by atoms with Gasteiger partial charge in [0.1, 0.15) is 0 Å². The van der Waals surface area contributed by atoms with E-state index < -0.39 is 5.92 Å². The minimum Gasteiger partial charge on any atom is -0.493 e. The van der Waals surface area contributed by atoms with Gasteiger partial charge in [-0.25, -0.2) is 4.79 Å². The highest BCUT2D eigenvalue weighted by molar-refractivity contribution is 6.05. The third-order valence-corrected chi connectivity index (χ3v) is 7.50. The van der Waals surface area contributed by atoms with Gasteiger partial charge >= 0.3 is 5.97 Å². The van der Waals surface area contributed by atoms with Crippen molar-refractivity contribution in [3.63, 3.8) is 0 Å². The maximum Gasteiger partial charge on any atom is 0.336 e. The summed E-state index contributed by atoms with van der Waals surface area (Å²) in [7, 11) is 3.22. The average Bonchev–Trinajstić information content (AvgIpc) is 2.94. The van der Waals surface area contributed by atoms with E-state index in [0.29, 0.717) is 42.1 Å². The number of allylic oxidation sites excluding steroid dienone is 3. The molecule has 0 amide bonds. The maximum absolute atomic E-state index is 14.0. The molecule has 2 aliphatic rings. The Balaban J connectivity index is 1.62. The zero-order valence-corrected chi connectivity index (χ0v) is 22.3. The van der Waals surface area contributed by atoms with Gasteiger partial charge in [0.05, 0.1) is 26.4 Å². The number of ether oxygens (including phenoxy) is 3. The second-order valence-electron chi connectivity index (χ2n) is 9.84. The number of carbonyl (C=O) groups excluding carboxylic acids is 2. The molecule has 0 spiro atoms. The summed E-state index contributed by atoms with van der Waals surface area (Å²) in [5, 5.41) is 5.53. The molecule has 0 unspecified atom stereocenters. The molecule has 0 fully saturated rings. The van der Waals surface area contributed by atoms with Crippen molar-refractivity contribution >= 4 is 22.5 Å². The molecule has 196 valence electrons. The van der Waals surface area contributed by atoms with Gasteiger partial charge in [-0.15, -0.1) is 0 Å². The molecular formula is C32H33NO5. The van der Waals surface area contributed by atoms with Crippen LogP contribution in [0, 0.1) is 0 Å². The zero-order chi connectivity index (χ0) is 26.8. The van der Waals surface area contributed by atoms with Gasteiger partial charge in [-0.2, -0.15) is 0 Å². The second-order valence-corrected chi connectivity index (χ2v) is 9.84. The van der Waals surface area contributed by atoms with Crippen LogP contribution in [0.4, 0.5) is 0 Å². The summed E-state index contributed by atoms with van der Waals surface area (Å²) >= 11 is 0. The number of methoxy groups -OCH3 is 2. The molecule has 0 radical (unpaired) electrons. The molecule has 1 N–H and O–H groups in total. The summed E-state index contributed by atoms with van der Waals surface area (Å²) in [6, 6.07) is 20.0. The molecular weight excluding hydrogens is 478 g/mol. The number of ketones is 1. The molecule has 6 heteroatoms. The van der Waals surface area contributed by atoms with Crippen molar-refractivity contribution in [2.75, 3.05) is 20.8 Å². The number of rotatable bonds is 7. The summed E-state index contributed by atoms with van der Waals surface area (Å²) in [6.45, 7) is 4.20. The molecule has 0 saturated carbocycles. The van der Waals surface area contributed by atoms with Crippen LogP contribution in [-0.2, 0) is 14.3 Å². The van der Waals surface area contributed by atoms with Gasteiger partial charge in [-0.3, -0.25) is 4.79 Å². The number of nitrogens with one attached hydrogen (secondary N) is 1. The summed E-state index contributed by atoms with van der Waals surface area (Å²) in [5.74, 6) is 0.420. The van der Waals surface area contributed by atoms with Crippen LogP contribution in [0.1, 0.15) is 56.1 Å². The molecule has 1 aliphatic carbocycles. The predicted molar refractivity (Wildman–Crippen MR) is 147 cm³/mol. The van der Waals surface area contributed by atoms with E-state index in [1.807, 2.05) is 56.3 Å². The van der Waals surface area contributed by atoms with Crippen molar-refractivity contribution in [3.05, 3.63) is 94.3 Å². The fourth-order valence-electron chi connectivity index (χ4n) is 5.74. The van der Waals surface area contributed by atoms with E-state index in [1.165, 1.54) is 0 Å². The van der Waals surface area contributed by atoms with Crippen LogP contribution >= 0.6 is 0 Å². The van der Waals surface area contributed by atoms with E-state index in [0.717, 1.165) is 39.7 Å². The van der Waals surface area contributed by atoms with E-state index in [4.69, 9.17) is 14.2 Å². The largest absolute Gasteiger partial charge is 0.493 e. The first-order valence-corrected chi connectivity index (χ1v) is 13.1. The monoisotopic (exact) mass is 511 g/mol. The molecule has 0 aromatic heterocycles. The third kappa shape index (κ3) is 4.55. The number of benzene rings is 3. The zero-order valence-electron chi connectivity index (χ0n) is 22.3. The van der Waals surface area contributed by atoms with E-state index in [1.54, 1.807) is 14.2 Å². The molecule has 6 nitrogen and oxygen atoms in total. The quantitative estimate of drug-likeness (QED) is 0.382. The Hall–Kier alpha value is -4.06. The van der Waals surface area contributed by atoms with Gasteiger partial charge in [0.15, 0.2) is 17.3 Å². The Bertz CT molecular complexity index is 1460. The van der Waals surface area contributed by atoms with Crippen LogP contribution in [0.2, 0.25) is 0 Å². The van der Waals surface area contributed by atoms with Crippen molar-refractivity contribution in [1.82, 2.24) is 5.32 Å². The van der Waals surface area contributed by atoms with E-state index >= 15 is 0 Å². The Morgan fingerprint density at radius 3 is 2.50 bits per heavy atom. The number of hydrogen-bond acceptors (Lipinski definition) is 6.